The normalized spacial score (nSPS) is 13.9. The number of hydrogen-bond acceptors (Lipinski definition) is 7. The molecule has 12 heteroatoms. The molecule has 0 bridgehead atoms. The number of carbonyl (C=O) groups is 5. The molecule has 0 aliphatic carbocycles. The molecule has 0 saturated carbocycles. The van der Waals surface area contributed by atoms with E-state index < -0.39 is 54.2 Å². The fraction of sp³-hybridized carbons (Fsp3) is 0.667. The molecule has 0 radical (unpaired) electrons. The van der Waals surface area contributed by atoms with Crippen LogP contribution in [0.3, 0.4) is 0 Å². The molecule has 3 atom stereocenters. The van der Waals surface area contributed by atoms with E-state index in [-0.39, 0.29) is 19.3 Å². The minimum atomic E-state index is -1.40. The van der Waals surface area contributed by atoms with Crippen LogP contribution in [0.1, 0.15) is 32.1 Å². The lowest BCUT2D eigenvalue weighted by Crippen LogP contribution is -2.54. The van der Waals surface area contributed by atoms with Crippen molar-refractivity contribution in [2.45, 2.75) is 50.2 Å². The third kappa shape index (κ3) is 11.1. The van der Waals surface area contributed by atoms with Crippen molar-refractivity contribution in [2.75, 3.05) is 12.0 Å². The molecule has 0 aromatic rings. The zero-order valence-corrected chi connectivity index (χ0v) is 15.8. The monoisotopic (exact) mass is 406 g/mol. The van der Waals surface area contributed by atoms with Crippen LogP contribution >= 0.6 is 11.8 Å². The van der Waals surface area contributed by atoms with E-state index in [1.54, 1.807) is 0 Å². The number of carboxylic acids is 2. The first-order valence-electron chi connectivity index (χ1n) is 8.16. The predicted octanol–water partition coefficient (Wildman–Crippen LogP) is -1.75. The van der Waals surface area contributed by atoms with Crippen molar-refractivity contribution in [1.29, 1.82) is 0 Å². The van der Waals surface area contributed by atoms with Crippen LogP contribution in [0.2, 0.25) is 0 Å². The molecule has 8 N–H and O–H groups in total. The van der Waals surface area contributed by atoms with E-state index in [1.807, 2.05) is 6.26 Å². The predicted molar refractivity (Wildman–Crippen MR) is 97.8 cm³/mol. The Morgan fingerprint density at radius 1 is 0.926 bits per heavy atom. The molecule has 0 aromatic carbocycles. The average Bonchev–Trinajstić information content (AvgIpc) is 2.58. The van der Waals surface area contributed by atoms with Crippen LogP contribution in [0.25, 0.3) is 0 Å². The zero-order chi connectivity index (χ0) is 21.0. The van der Waals surface area contributed by atoms with Gasteiger partial charge in [0.25, 0.3) is 0 Å². The van der Waals surface area contributed by atoms with Crippen molar-refractivity contribution in [1.82, 2.24) is 10.6 Å². The highest BCUT2D eigenvalue weighted by Gasteiger charge is 2.28. The van der Waals surface area contributed by atoms with Gasteiger partial charge < -0.3 is 32.3 Å². The zero-order valence-electron chi connectivity index (χ0n) is 15.0. The maximum atomic E-state index is 12.3. The smallest absolute Gasteiger partial charge is 0.326 e. The Morgan fingerprint density at radius 2 is 1.48 bits per heavy atom. The van der Waals surface area contributed by atoms with E-state index >= 15 is 0 Å². The number of amides is 3. The fourth-order valence-corrected chi connectivity index (χ4v) is 2.50. The molecule has 0 aliphatic rings. The third-order valence-corrected chi connectivity index (χ3v) is 4.19. The van der Waals surface area contributed by atoms with Gasteiger partial charge in [-0.3, -0.25) is 19.2 Å². The van der Waals surface area contributed by atoms with Crippen LogP contribution < -0.4 is 22.1 Å². The van der Waals surface area contributed by atoms with E-state index in [4.69, 9.17) is 21.7 Å². The molecular formula is C15H26N4O7S. The van der Waals surface area contributed by atoms with Gasteiger partial charge in [0, 0.05) is 12.8 Å². The maximum absolute atomic E-state index is 12.3. The van der Waals surface area contributed by atoms with Crippen LogP contribution in [0.15, 0.2) is 0 Å². The summed E-state index contributed by atoms with van der Waals surface area (Å²) < 4.78 is 0. The Bertz CT molecular complexity index is 558. The van der Waals surface area contributed by atoms with Gasteiger partial charge in [-0.1, -0.05) is 0 Å². The highest BCUT2D eigenvalue weighted by molar-refractivity contribution is 7.98. The highest BCUT2D eigenvalue weighted by atomic mass is 32.2. The molecule has 0 aliphatic heterocycles. The summed E-state index contributed by atoms with van der Waals surface area (Å²) in [4.78, 5) is 57.2. The SMILES string of the molecule is CSCCC(N)C(=O)NC(CCC(=O)O)C(=O)NC(CCC(N)=O)C(=O)O. The number of nitrogens with two attached hydrogens (primary N) is 2. The van der Waals surface area contributed by atoms with Gasteiger partial charge in [0.15, 0.2) is 0 Å². The molecule has 0 rings (SSSR count). The van der Waals surface area contributed by atoms with Gasteiger partial charge in [0.1, 0.15) is 12.1 Å². The van der Waals surface area contributed by atoms with Gasteiger partial charge in [-0.25, -0.2) is 4.79 Å². The van der Waals surface area contributed by atoms with Gasteiger partial charge in [-0.05, 0) is 31.3 Å². The van der Waals surface area contributed by atoms with Gasteiger partial charge in [-0.2, -0.15) is 11.8 Å². The topological polar surface area (TPSA) is 202 Å². The molecule has 3 amide bonds. The molecule has 154 valence electrons. The summed E-state index contributed by atoms with van der Waals surface area (Å²) in [6.07, 6.45) is 1.04. The molecule has 0 aromatic heterocycles. The van der Waals surface area contributed by atoms with Crippen molar-refractivity contribution < 1.29 is 34.2 Å². The second-order valence-corrected chi connectivity index (χ2v) is 6.77. The van der Waals surface area contributed by atoms with Crippen molar-refractivity contribution in [2.24, 2.45) is 11.5 Å². The second-order valence-electron chi connectivity index (χ2n) is 5.79. The minimum absolute atomic E-state index is 0.233. The number of carbonyl (C=O) groups excluding carboxylic acids is 3. The summed E-state index contributed by atoms with van der Waals surface area (Å²) in [5.74, 6) is -4.20. The molecule has 27 heavy (non-hydrogen) atoms. The summed E-state index contributed by atoms with van der Waals surface area (Å²) in [7, 11) is 0. The molecule has 0 heterocycles. The number of aliphatic carboxylic acids is 2. The van der Waals surface area contributed by atoms with Gasteiger partial charge in [0.2, 0.25) is 17.7 Å². The number of thioether (sulfide) groups is 1. The van der Waals surface area contributed by atoms with E-state index in [2.05, 4.69) is 10.6 Å². The first-order valence-corrected chi connectivity index (χ1v) is 9.56. The van der Waals surface area contributed by atoms with E-state index in [0.717, 1.165) is 0 Å². The summed E-state index contributed by atoms with van der Waals surface area (Å²) in [5.41, 5.74) is 10.7. The van der Waals surface area contributed by atoms with Crippen LogP contribution in [0.4, 0.5) is 0 Å². The van der Waals surface area contributed by atoms with Crippen molar-refractivity contribution in [3.63, 3.8) is 0 Å². The van der Waals surface area contributed by atoms with Gasteiger partial charge in [-0.15, -0.1) is 0 Å². The third-order valence-electron chi connectivity index (χ3n) is 3.54. The van der Waals surface area contributed by atoms with Crippen LogP contribution in [0, 0.1) is 0 Å². The van der Waals surface area contributed by atoms with Crippen molar-refractivity contribution in [3.05, 3.63) is 0 Å². The Hall–Kier alpha value is -2.34. The van der Waals surface area contributed by atoms with Crippen molar-refractivity contribution >= 4 is 41.4 Å². The highest BCUT2D eigenvalue weighted by Crippen LogP contribution is 2.04. The van der Waals surface area contributed by atoms with E-state index in [9.17, 15) is 24.0 Å². The Labute approximate surface area is 160 Å². The lowest BCUT2D eigenvalue weighted by Gasteiger charge is -2.22. The minimum Gasteiger partial charge on any atom is -0.481 e. The molecule has 0 spiro atoms. The number of hydrogen-bond donors (Lipinski definition) is 6. The van der Waals surface area contributed by atoms with Gasteiger partial charge >= 0.3 is 11.9 Å². The van der Waals surface area contributed by atoms with Crippen LogP contribution in [-0.2, 0) is 24.0 Å². The van der Waals surface area contributed by atoms with Crippen LogP contribution in [-0.4, -0.2) is 70.0 Å². The second kappa shape index (κ2) is 12.9. The molecule has 11 nitrogen and oxygen atoms in total. The average molecular weight is 406 g/mol. The van der Waals surface area contributed by atoms with Crippen LogP contribution in [0.5, 0.6) is 0 Å². The molecule has 3 unspecified atom stereocenters. The van der Waals surface area contributed by atoms with E-state index in [0.29, 0.717) is 12.2 Å². The molecular weight excluding hydrogens is 380 g/mol. The summed E-state index contributed by atoms with van der Waals surface area (Å²) in [6, 6.07) is -3.56. The first-order chi connectivity index (χ1) is 12.6. The summed E-state index contributed by atoms with van der Waals surface area (Å²) >= 11 is 1.49. The molecule has 0 saturated heterocycles. The largest absolute Gasteiger partial charge is 0.481 e. The Kier molecular flexibility index (Phi) is 11.8. The Balaban J connectivity index is 5.04. The number of rotatable bonds is 14. The number of nitrogens with one attached hydrogen (secondary N) is 2. The standard InChI is InChI=1S/C15H26N4O7S/c1-27-7-6-8(16)13(23)18-9(3-5-12(21)22)14(24)19-10(15(25)26)2-4-11(17)20/h8-10H,2-7,16H2,1H3,(H2,17,20)(H,18,23)(H,19,24)(H,21,22)(H,25,26). The first kappa shape index (κ1) is 24.7. The Morgan fingerprint density at radius 3 is 1.96 bits per heavy atom. The summed E-state index contributed by atoms with van der Waals surface area (Å²) in [5, 5.41) is 22.5. The van der Waals surface area contributed by atoms with Crippen molar-refractivity contribution in [3.8, 4) is 0 Å². The summed E-state index contributed by atoms with van der Waals surface area (Å²) in [6.45, 7) is 0. The maximum Gasteiger partial charge on any atom is 0.326 e. The lowest BCUT2D eigenvalue weighted by molar-refractivity contribution is -0.143. The van der Waals surface area contributed by atoms with Gasteiger partial charge in [0.05, 0.1) is 6.04 Å². The molecule has 0 fully saturated rings. The van der Waals surface area contributed by atoms with E-state index in [1.165, 1.54) is 11.8 Å². The quantitative estimate of drug-likeness (QED) is 0.193. The number of primary amides is 1. The fourth-order valence-electron chi connectivity index (χ4n) is 2.01. The lowest BCUT2D eigenvalue weighted by atomic mass is 10.1. The number of carboxylic acid groups (broad SMARTS) is 2.